The number of hydrogen-bond donors (Lipinski definition) is 0. The molecule has 82 valence electrons. The van der Waals surface area contributed by atoms with Crippen molar-refractivity contribution >= 4 is 5.97 Å². The van der Waals surface area contributed by atoms with Gasteiger partial charge in [-0.1, -0.05) is 20.8 Å². The van der Waals surface area contributed by atoms with Crippen molar-refractivity contribution in [2.75, 3.05) is 0 Å². The molecule has 0 amide bonds. The molecule has 2 nitrogen and oxygen atoms in total. The molecule has 0 aromatic carbocycles. The van der Waals surface area contributed by atoms with Crippen LogP contribution in [0.2, 0.25) is 0 Å². The topological polar surface area (TPSA) is 26.3 Å². The fourth-order valence-electron chi connectivity index (χ4n) is 2.57. The molecule has 1 aliphatic rings. The van der Waals surface area contributed by atoms with Crippen molar-refractivity contribution in [3.63, 3.8) is 0 Å². The SMILES string of the molecule is CCC(CC)(CC)C1CCCC(=O)O1. The van der Waals surface area contributed by atoms with Gasteiger partial charge in [-0.05, 0) is 32.1 Å². The Hall–Kier alpha value is -0.530. The van der Waals surface area contributed by atoms with Gasteiger partial charge in [-0.25, -0.2) is 0 Å². The highest BCUT2D eigenvalue weighted by atomic mass is 16.5. The highest BCUT2D eigenvalue weighted by Crippen LogP contribution is 2.40. The van der Waals surface area contributed by atoms with Gasteiger partial charge in [0.05, 0.1) is 0 Å². The zero-order chi connectivity index (χ0) is 10.6. The number of carbonyl (C=O) groups excluding carboxylic acids is 1. The third-order valence-corrected chi connectivity index (χ3v) is 3.92. The molecule has 1 saturated heterocycles. The molecule has 1 unspecified atom stereocenters. The van der Waals surface area contributed by atoms with Crippen LogP contribution in [0.3, 0.4) is 0 Å². The van der Waals surface area contributed by atoms with Crippen LogP contribution in [0.1, 0.15) is 59.3 Å². The van der Waals surface area contributed by atoms with Gasteiger partial charge in [-0.2, -0.15) is 0 Å². The van der Waals surface area contributed by atoms with Gasteiger partial charge >= 0.3 is 5.97 Å². The van der Waals surface area contributed by atoms with Gasteiger partial charge in [0.1, 0.15) is 6.10 Å². The summed E-state index contributed by atoms with van der Waals surface area (Å²) in [5, 5.41) is 0. The van der Waals surface area contributed by atoms with Crippen molar-refractivity contribution in [3.8, 4) is 0 Å². The van der Waals surface area contributed by atoms with Crippen LogP contribution in [-0.4, -0.2) is 12.1 Å². The molecule has 0 aliphatic carbocycles. The Balaban J connectivity index is 2.71. The smallest absolute Gasteiger partial charge is 0.306 e. The lowest BCUT2D eigenvalue weighted by Gasteiger charge is -2.40. The summed E-state index contributed by atoms with van der Waals surface area (Å²) < 4.78 is 5.49. The van der Waals surface area contributed by atoms with Crippen LogP contribution in [0.4, 0.5) is 0 Å². The van der Waals surface area contributed by atoms with Crippen molar-refractivity contribution < 1.29 is 9.53 Å². The first-order chi connectivity index (χ1) is 6.68. The Morgan fingerprint density at radius 1 is 1.29 bits per heavy atom. The van der Waals surface area contributed by atoms with Crippen molar-refractivity contribution in [3.05, 3.63) is 0 Å². The highest BCUT2D eigenvalue weighted by molar-refractivity contribution is 5.70. The molecule has 0 N–H and O–H groups in total. The lowest BCUT2D eigenvalue weighted by molar-refractivity contribution is -0.163. The van der Waals surface area contributed by atoms with E-state index in [-0.39, 0.29) is 17.5 Å². The van der Waals surface area contributed by atoms with E-state index in [4.69, 9.17) is 4.74 Å². The molecule has 1 fully saturated rings. The van der Waals surface area contributed by atoms with Gasteiger partial charge < -0.3 is 4.74 Å². The number of rotatable bonds is 4. The summed E-state index contributed by atoms with van der Waals surface area (Å²) in [7, 11) is 0. The summed E-state index contributed by atoms with van der Waals surface area (Å²) in [6.45, 7) is 6.61. The van der Waals surface area contributed by atoms with Gasteiger partial charge in [0, 0.05) is 11.8 Å². The van der Waals surface area contributed by atoms with E-state index in [9.17, 15) is 4.79 Å². The fourth-order valence-corrected chi connectivity index (χ4v) is 2.57. The Morgan fingerprint density at radius 2 is 1.86 bits per heavy atom. The maximum absolute atomic E-state index is 11.2. The van der Waals surface area contributed by atoms with Gasteiger partial charge in [0.15, 0.2) is 0 Å². The standard InChI is InChI=1S/C12H22O2/c1-4-12(5-2,6-3)10-8-7-9-11(13)14-10/h10H,4-9H2,1-3H3. The third kappa shape index (κ3) is 2.10. The lowest BCUT2D eigenvalue weighted by atomic mass is 9.72. The van der Waals surface area contributed by atoms with Gasteiger partial charge in [-0.15, -0.1) is 0 Å². The summed E-state index contributed by atoms with van der Waals surface area (Å²) in [5.74, 6) is 0.000903. The molecule has 0 aromatic heterocycles. The monoisotopic (exact) mass is 198 g/mol. The molecule has 1 aliphatic heterocycles. The minimum Gasteiger partial charge on any atom is -0.462 e. The number of cyclic esters (lactones) is 1. The normalized spacial score (nSPS) is 23.4. The van der Waals surface area contributed by atoms with Crippen LogP contribution >= 0.6 is 0 Å². The van der Waals surface area contributed by atoms with E-state index in [2.05, 4.69) is 20.8 Å². The zero-order valence-corrected chi connectivity index (χ0v) is 9.64. The quantitative estimate of drug-likeness (QED) is 0.648. The summed E-state index contributed by atoms with van der Waals surface area (Å²) in [4.78, 5) is 11.2. The second-order valence-corrected chi connectivity index (χ2v) is 4.29. The Labute approximate surface area is 87.0 Å². The van der Waals surface area contributed by atoms with Crippen LogP contribution in [0.15, 0.2) is 0 Å². The third-order valence-electron chi connectivity index (χ3n) is 3.92. The van der Waals surface area contributed by atoms with Gasteiger partial charge in [0.25, 0.3) is 0 Å². The predicted molar refractivity (Wildman–Crippen MR) is 57.0 cm³/mol. The van der Waals surface area contributed by atoms with E-state index in [1.807, 2.05) is 0 Å². The van der Waals surface area contributed by atoms with Crippen molar-refractivity contribution in [2.45, 2.75) is 65.4 Å². The first-order valence-corrected chi connectivity index (χ1v) is 5.88. The molecular formula is C12H22O2. The Kier molecular flexibility index (Phi) is 3.97. The van der Waals surface area contributed by atoms with Crippen molar-refractivity contribution in [1.82, 2.24) is 0 Å². The number of ether oxygens (including phenoxy) is 1. The molecule has 2 heteroatoms. The van der Waals surface area contributed by atoms with Gasteiger partial charge in [0.2, 0.25) is 0 Å². The van der Waals surface area contributed by atoms with Crippen LogP contribution in [0, 0.1) is 5.41 Å². The molecule has 14 heavy (non-hydrogen) atoms. The maximum Gasteiger partial charge on any atom is 0.306 e. The lowest BCUT2D eigenvalue weighted by Crippen LogP contribution is -2.39. The molecule has 1 heterocycles. The molecule has 0 spiro atoms. The largest absolute Gasteiger partial charge is 0.462 e. The molecule has 0 radical (unpaired) electrons. The molecule has 0 saturated carbocycles. The van der Waals surface area contributed by atoms with E-state index in [1.54, 1.807) is 0 Å². The molecule has 1 rings (SSSR count). The first kappa shape index (κ1) is 11.5. The number of hydrogen-bond acceptors (Lipinski definition) is 2. The number of esters is 1. The van der Waals surface area contributed by atoms with E-state index in [0.29, 0.717) is 6.42 Å². The minimum atomic E-state index is 0.000903. The Morgan fingerprint density at radius 3 is 2.29 bits per heavy atom. The Bertz CT molecular complexity index is 186. The number of carbonyl (C=O) groups is 1. The average Bonchev–Trinajstić information content (AvgIpc) is 2.22. The van der Waals surface area contributed by atoms with E-state index < -0.39 is 0 Å². The van der Waals surface area contributed by atoms with Crippen LogP contribution in [-0.2, 0) is 9.53 Å². The predicted octanol–water partition coefficient (Wildman–Crippen LogP) is 3.30. The van der Waals surface area contributed by atoms with E-state index in [1.165, 1.54) is 0 Å². The molecular weight excluding hydrogens is 176 g/mol. The average molecular weight is 198 g/mol. The molecule has 0 aromatic rings. The maximum atomic E-state index is 11.2. The zero-order valence-electron chi connectivity index (χ0n) is 9.64. The first-order valence-electron chi connectivity index (χ1n) is 5.88. The molecule has 0 bridgehead atoms. The summed E-state index contributed by atoms with van der Waals surface area (Å²) in [5.41, 5.74) is 0.232. The van der Waals surface area contributed by atoms with E-state index >= 15 is 0 Å². The second-order valence-electron chi connectivity index (χ2n) is 4.29. The van der Waals surface area contributed by atoms with Crippen molar-refractivity contribution in [1.29, 1.82) is 0 Å². The van der Waals surface area contributed by atoms with Crippen LogP contribution in [0.5, 0.6) is 0 Å². The summed E-state index contributed by atoms with van der Waals surface area (Å²) >= 11 is 0. The summed E-state index contributed by atoms with van der Waals surface area (Å²) in [6, 6.07) is 0. The van der Waals surface area contributed by atoms with Crippen molar-refractivity contribution in [2.24, 2.45) is 5.41 Å². The second kappa shape index (κ2) is 4.81. The highest BCUT2D eigenvalue weighted by Gasteiger charge is 2.38. The summed E-state index contributed by atoms with van der Waals surface area (Å²) in [6.07, 6.45) is 6.17. The van der Waals surface area contributed by atoms with Crippen LogP contribution < -0.4 is 0 Å². The van der Waals surface area contributed by atoms with Crippen LogP contribution in [0.25, 0.3) is 0 Å². The van der Waals surface area contributed by atoms with E-state index in [0.717, 1.165) is 32.1 Å². The van der Waals surface area contributed by atoms with Gasteiger partial charge in [-0.3, -0.25) is 4.79 Å². The minimum absolute atomic E-state index is 0.000903. The molecule has 1 atom stereocenters. The fraction of sp³-hybridized carbons (Fsp3) is 0.917.